The maximum absolute atomic E-state index is 11.9. The number of anilines is 2. The number of rotatable bonds is 2. The Morgan fingerprint density at radius 2 is 2.00 bits per heavy atom. The van der Waals surface area contributed by atoms with Crippen molar-refractivity contribution in [3.8, 4) is 5.75 Å². The first-order valence-corrected chi connectivity index (χ1v) is 5.59. The number of amides is 1. The summed E-state index contributed by atoms with van der Waals surface area (Å²) in [5.41, 5.74) is 6.60. The summed E-state index contributed by atoms with van der Waals surface area (Å²) in [5.74, 6) is -0.457. The van der Waals surface area contributed by atoms with Crippen LogP contribution in [0.4, 0.5) is 11.4 Å². The number of nitrogens with one attached hydrogen (secondary N) is 1. The molecule has 0 fully saturated rings. The van der Waals surface area contributed by atoms with Gasteiger partial charge in [0.2, 0.25) is 0 Å². The topological polar surface area (TPSA) is 75.4 Å². The molecule has 18 heavy (non-hydrogen) atoms. The predicted octanol–water partition coefficient (Wildman–Crippen LogP) is 2.88. The van der Waals surface area contributed by atoms with Gasteiger partial charge < -0.3 is 16.2 Å². The molecule has 1 amide bonds. The van der Waals surface area contributed by atoms with Gasteiger partial charge in [-0.25, -0.2) is 0 Å². The zero-order chi connectivity index (χ0) is 13.1. The van der Waals surface area contributed by atoms with Gasteiger partial charge in [0.15, 0.2) is 0 Å². The van der Waals surface area contributed by atoms with Gasteiger partial charge in [-0.2, -0.15) is 0 Å². The van der Waals surface area contributed by atoms with Crippen LogP contribution >= 0.6 is 11.6 Å². The molecule has 0 spiro atoms. The van der Waals surface area contributed by atoms with Crippen molar-refractivity contribution in [1.29, 1.82) is 0 Å². The van der Waals surface area contributed by atoms with Crippen LogP contribution in [0.5, 0.6) is 5.75 Å². The summed E-state index contributed by atoms with van der Waals surface area (Å²) in [6.45, 7) is 0. The molecule has 0 atom stereocenters. The number of nitrogen functional groups attached to an aromatic ring is 1. The van der Waals surface area contributed by atoms with Crippen LogP contribution in [0, 0.1) is 0 Å². The zero-order valence-corrected chi connectivity index (χ0v) is 10.1. The molecule has 5 heteroatoms. The fourth-order valence-corrected chi connectivity index (χ4v) is 1.64. The Kier molecular flexibility index (Phi) is 3.39. The molecular weight excluding hydrogens is 252 g/mol. The number of hydrogen-bond acceptors (Lipinski definition) is 3. The summed E-state index contributed by atoms with van der Waals surface area (Å²) in [7, 11) is 0. The maximum atomic E-state index is 11.9. The molecule has 0 unspecified atom stereocenters. The lowest BCUT2D eigenvalue weighted by Crippen LogP contribution is -2.11. The zero-order valence-electron chi connectivity index (χ0n) is 9.35. The largest absolute Gasteiger partial charge is 0.506 e. The van der Waals surface area contributed by atoms with E-state index in [1.807, 2.05) is 0 Å². The lowest BCUT2D eigenvalue weighted by atomic mass is 10.1. The highest BCUT2D eigenvalue weighted by molar-refractivity contribution is 6.30. The third-order valence-electron chi connectivity index (χ3n) is 2.38. The number of carbonyl (C=O) groups excluding carboxylic acids is 1. The van der Waals surface area contributed by atoms with Gasteiger partial charge >= 0.3 is 0 Å². The highest BCUT2D eigenvalue weighted by Crippen LogP contribution is 2.22. The lowest BCUT2D eigenvalue weighted by Gasteiger charge is -2.06. The van der Waals surface area contributed by atoms with Crippen LogP contribution in [-0.4, -0.2) is 11.0 Å². The second-order valence-electron chi connectivity index (χ2n) is 3.74. The van der Waals surface area contributed by atoms with E-state index in [1.54, 1.807) is 24.3 Å². The first-order chi connectivity index (χ1) is 8.56. The SMILES string of the molecule is Nc1ccc(C(=O)Nc2cccc(Cl)c2)cc1O. The number of aromatic hydroxyl groups is 1. The Labute approximate surface area is 109 Å². The van der Waals surface area contributed by atoms with Crippen LogP contribution in [0.2, 0.25) is 5.02 Å². The third kappa shape index (κ3) is 2.73. The molecule has 0 heterocycles. The normalized spacial score (nSPS) is 10.1. The van der Waals surface area contributed by atoms with E-state index in [2.05, 4.69) is 5.32 Å². The van der Waals surface area contributed by atoms with Crippen LogP contribution in [0.3, 0.4) is 0 Å². The summed E-state index contributed by atoms with van der Waals surface area (Å²) >= 11 is 5.81. The maximum Gasteiger partial charge on any atom is 0.255 e. The van der Waals surface area contributed by atoms with Crippen molar-refractivity contribution < 1.29 is 9.90 Å². The van der Waals surface area contributed by atoms with Crippen molar-refractivity contribution >= 4 is 28.9 Å². The van der Waals surface area contributed by atoms with E-state index < -0.39 is 0 Å². The van der Waals surface area contributed by atoms with Gasteiger partial charge in [0.05, 0.1) is 5.69 Å². The Morgan fingerprint density at radius 3 is 2.67 bits per heavy atom. The minimum absolute atomic E-state index is 0.117. The smallest absolute Gasteiger partial charge is 0.255 e. The van der Waals surface area contributed by atoms with Crippen LogP contribution in [0.25, 0.3) is 0 Å². The first-order valence-electron chi connectivity index (χ1n) is 5.21. The van der Waals surface area contributed by atoms with Crippen molar-refractivity contribution in [2.75, 3.05) is 11.1 Å². The van der Waals surface area contributed by atoms with E-state index in [0.29, 0.717) is 16.3 Å². The van der Waals surface area contributed by atoms with Gasteiger partial charge in [-0.3, -0.25) is 4.79 Å². The number of halogens is 1. The summed E-state index contributed by atoms with van der Waals surface area (Å²) in [5, 5.41) is 12.6. The molecule has 0 radical (unpaired) electrons. The molecule has 0 aliphatic rings. The van der Waals surface area contributed by atoms with E-state index in [9.17, 15) is 9.90 Å². The van der Waals surface area contributed by atoms with Crippen molar-refractivity contribution in [2.24, 2.45) is 0 Å². The van der Waals surface area contributed by atoms with E-state index in [0.717, 1.165) is 0 Å². The quantitative estimate of drug-likeness (QED) is 0.575. The van der Waals surface area contributed by atoms with Crippen LogP contribution in [0.1, 0.15) is 10.4 Å². The molecule has 0 aromatic heterocycles. The third-order valence-corrected chi connectivity index (χ3v) is 2.61. The van der Waals surface area contributed by atoms with Gasteiger partial charge in [0.25, 0.3) is 5.91 Å². The van der Waals surface area contributed by atoms with E-state index in [1.165, 1.54) is 18.2 Å². The fraction of sp³-hybridized carbons (Fsp3) is 0. The summed E-state index contributed by atoms with van der Waals surface area (Å²) < 4.78 is 0. The average Bonchev–Trinajstić information content (AvgIpc) is 2.32. The van der Waals surface area contributed by atoms with Crippen LogP contribution in [-0.2, 0) is 0 Å². The Balaban J connectivity index is 2.19. The first kappa shape index (κ1) is 12.3. The molecule has 4 N–H and O–H groups in total. The number of phenolic OH excluding ortho intramolecular Hbond substituents is 1. The lowest BCUT2D eigenvalue weighted by molar-refractivity contribution is 0.102. The van der Waals surface area contributed by atoms with Gasteiger partial charge in [-0.05, 0) is 36.4 Å². The molecular formula is C13H11ClN2O2. The minimum Gasteiger partial charge on any atom is -0.506 e. The number of nitrogens with two attached hydrogens (primary N) is 1. The number of carbonyl (C=O) groups is 1. The number of phenols is 1. The van der Waals surface area contributed by atoms with Gasteiger partial charge in [-0.15, -0.1) is 0 Å². The monoisotopic (exact) mass is 262 g/mol. The van der Waals surface area contributed by atoms with Crippen LogP contribution in [0.15, 0.2) is 42.5 Å². The summed E-state index contributed by atoms with van der Waals surface area (Å²) in [6.07, 6.45) is 0. The molecule has 0 saturated carbocycles. The summed E-state index contributed by atoms with van der Waals surface area (Å²) in [6, 6.07) is 11.1. The van der Waals surface area contributed by atoms with Gasteiger partial charge in [-0.1, -0.05) is 17.7 Å². The standard InChI is InChI=1S/C13H11ClN2O2/c14-9-2-1-3-10(7-9)16-13(18)8-4-5-11(15)12(17)6-8/h1-7,17H,15H2,(H,16,18). The van der Waals surface area contributed by atoms with E-state index in [4.69, 9.17) is 17.3 Å². The highest BCUT2D eigenvalue weighted by atomic mass is 35.5. The molecule has 2 rings (SSSR count). The van der Waals surface area contributed by atoms with Crippen molar-refractivity contribution in [1.82, 2.24) is 0 Å². The van der Waals surface area contributed by atoms with Crippen molar-refractivity contribution in [3.05, 3.63) is 53.1 Å². The second kappa shape index (κ2) is 4.98. The van der Waals surface area contributed by atoms with Crippen molar-refractivity contribution in [2.45, 2.75) is 0 Å². The average molecular weight is 263 g/mol. The molecule has 0 aliphatic carbocycles. The molecule has 0 bridgehead atoms. The highest BCUT2D eigenvalue weighted by Gasteiger charge is 2.08. The number of hydrogen-bond donors (Lipinski definition) is 3. The van der Waals surface area contributed by atoms with Gasteiger partial charge in [0.1, 0.15) is 5.75 Å². The second-order valence-corrected chi connectivity index (χ2v) is 4.17. The van der Waals surface area contributed by atoms with Crippen molar-refractivity contribution in [3.63, 3.8) is 0 Å². The Morgan fingerprint density at radius 1 is 1.22 bits per heavy atom. The molecule has 2 aromatic rings. The summed E-state index contributed by atoms with van der Waals surface area (Å²) in [4.78, 5) is 11.9. The van der Waals surface area contributed by atoms with E-state index in [-0.39, 0.29) is 17.3 Å². The Bertz CT molecular complexity index is 599. The van der Waals surface area contributed by atoms with Gasteiger partial charge in [0, 0.05) is 16.3 Å². The minimum atomic E-state index is -0.340. The predicted molar refractivity (Wildman–Crippen MR) is 71.9 cm³/mol. The van der Waals surface area contributed by atoms with E-state index >= 15 is 0 Å². The Hall–Kier alpha value is -2.20. The molecule has 2 aromatic carbocycles. The molecule has 4 nitrogen and oxygen atoms in total. The number of benzene rings is 2. The van der Waals surface area contributed by atoms with Crippen LogP contribution < -0.4 is 11.1 Å². The molecule has 0 aliphatic heterocycles. The fourth-order valence-electron chi connectivity index (χ4n) is 1.45. The molecule has 0 saturated heterocycles. The molecule has 92 valence electrons.